The molecule has 1 fully saturated rings. The maximum atomic E-state index is 11.6. The number of amides is 1. The molecule has 0 bridgehead atoms. The minimum absolute atomic E-state index is 0.182. The van der Waals surface area contributed by atoms with Crippen LogP contribution in [0.25, 0.3) is 0 Å². The highest BCUT2D eigenvalue weighted by Crippen LogP contribution is 2.12. The summed E-state index contributed by atoms with van der Waals surface area (Å²) >= 11 is 0. The van der Waals surface area contributed by atoms with E-state index in [0.29, 0.717) is 0 Å². The van der Waals surface area contributed by atoms with Crippen LogP contribution in [-0.2, 0) is 19.2 Å². The Hall–Kier alpha value is -2.50. The highest BCUT2D eigenvalue weighted by Gasteiger charge is 2.42. The van der Waals surface area contributed by atoms with E-state index >= 15 is 0 Å². The van der Waals surface area contributed by atoms with Gasteiger partial charge in [0.25, 0.3) is 5.78 Å². The van der Waals surface area contributed by atoms with Crippen molar-refractivity contribution in [2.45, 2.75) is 0 Å². The first kappa shape index (κ1) is 12.0. The summed E-state index contributed by atoms with van der Waals surface area (Å²) in [5.41, 5.74) is 0. The largest absolute Gasteiger partial charge is 0.421 e. The maximum Gasteiger partial charge on any atom is 0.381 e. The smallest absolute Gasteiger partial charge is 0.381 e. The minimum atomic E-state index is -1.57. The monoisotopic (exact) mass is 247 g/mol. The molecule has 1 amide bonds. The number of para-hydroxylation sites is 1. The Morgan fingerprint density at radius 2 is 1.83 bits per heavy atom. The molecule has 6 heteroatoms. The summed E-state index contributed by atoms with van der Waals surface area (Å²) in [6.07, 6.45) is 0. The van der Waals surface area contributed by atoms with Crippen molar-refractivity contribution in [3.8, 4) is 5.75 Å². The first-order valence-corrected chi connectivity index (χ1v) is 5.21. The van der Waals surface area contributed by atoms with Crippen molar-refractivity contribution < 1.29 is 23.9 Å². The molecule has 1 heterocycles. The molecule has 92 valence electrons. The predicted molar refractivity (Wildman–Crippen MR) is 58.6 cm³/mol. The zero-order valence-electron chi connectivity index (χ0n) is 9.21. The highest BCUT2D eigenvalue weighted by molar-refractivity contribution is 6.45. The second-order valence-corrected chi connectivity index (χ2v) is 3.68. The standard InChI is InChI=1S/C12H9NO5/c14-8-6-13-11(16)9(8)10(15)12(17)18-7-4-2-1-3-5-7/h1-5,9H,6H2,(H,13,16). The Kier molecular flexibility index (Phi) is 3.18. The third kappa shape index (κ3) is 2.27. The van der Waals surface area contributed by atoms with E-state index in [-0.39, 0.29) is 12.3 Å². The van der Waals surface area contributed by atoms with Crippen molar-refractivity contribution in [2.24, 2.45) is 5.92 Å². The Morgan fingerprint density at radius 1 is 1.17 bits per heavy atom. The van der Waals surface area contributed by atoms with Gasteiger partial charge in [0, 0.05) is 0 Å². The second kappa shape index (κ2) is 4.79. The molecule has 6 nitrogen and oxygen atoms in total. The van der Waals surface area contributed by atoms with Crippen molar-refractivity contribution in [2.75, 3.05) is 6.54 Å². The topological polar surface area (TPSA) is 89.5 Å². The fraction of sp³-hybridized carbons (Fsp3) is 0.167. The number of ketones is 2. The van der Waals surface area contributed by atoms with Gasteiger partial charge in [-0.3, -0.25) is 14.4 Å². The maximum absolute atomic E-state index is 11.6. The van der Waals surface area contributed by atoms with Crippen molar-refractivity contribution in [3.63, 3.8) is 0 Å². The lowest BCUT2D eigenvalue weighted by Gasteiger charge is -2.05. The molecule has 18 heavy (non-hydrogen) atoms. The molecule has 0 aromatic heterocycles. The van der Waals surface area contributed by atoms with Crippen LogP contribution in [0, 0.1) is 5.92 Å². The molecule has 1 aromatic carbocycles. The summed E-state index contributed by atoms with van der Waals surface area (Å²) in [6, 6.07) is 7.94. The molecule has 0 saturated carbocycles. The number of nitrogens with one attached hydrogen (secondary N) is 1. The number of rotatable bonds is 3. The fourth-order valence-electron chi connectivity index (χ4n) is 1.55. The quantitative estimate of drug-likeness (QED) is 0.336. The van der Waals surface area contributed by atoms with Crippen molar-refractivity contribution >= 4 is 23.4 Å². The van der Waals surface area contributed by atoms with Crippen molar-refractivity contribution in [3.05, 3.63) is 30.3 Å². The van der Waals surface area contributed by atoms with Crippen molar-refractivity contribution in [1.29, 1.82) is 0 Å². The lowest BCUT2D eigenvalue weighted by molar-refractivity contribution is -0.152. The van der Waals surface area contributed by atoms with Crippen LogP contribution in [0.3, 0.4) is 0 Å². The van der Waals surface area contributed by atoms with Crippen LogP contribution in [-0.4, -0.2) is 30.0 Å². The van der Waals surface area contributed by atoms with Gasteiger partial charge in [0.2, 0.25) is 5.91 Å². The Labute approximate surface area is 102 Å². The number of carbonyl (C=O) groups excluding carboxylic acids is 4. The normalized spacial score (nSPS) is 18.3. The van der Waals surface area contributed by atoms with Gasteiger partial charge in [-0.05, 0) is 12.1 Å². The number of carbonyl (C=O) groups is 4. The molecule has 2 rings (SSSR count). The Balaban J connectivity index is 2.08. The average molecular weight is 247 g/mol. The fourth-order valence-corrected chi connectivity index (χ4v) is 1.55. The number of Topliss-reactive ketones (excluding diaryl/α,β-unsaturated/α-hetero) is 2. The first-order valence-electron chi connectivity index (χ1n) is 5.21. The molecule has 1 aromatic rings. The summed E-state index contributed by atoms with van der Waals surface area (Å²) in [4.78, 5) is 45.6. The van der Waals surface area contributed by atoms with E-state index in [1.54, 1.807) is 18.2 Å². The Morgan fingerprint density at radius 3 is 2.39 bits per heavy atom. The molecule has 1 atom stereocenters. The molecule has 0 radical (unpaired) electrons. The predicted octanol–water partition coefficient (Wildman–Crippen LogP) is -0.524. The molecule has 1 saturated heterocycles. The van der Waals surface area contributed by atoms with Gasteiger partial charge < -0.3 is 10.1 Å². The van der Waals surface area contributed by atoms with E-state index in [0.717, 1.165) is 0 Å². The van der Waals surface area contributed by atoms with Crippen LogP contribution in [0.2, 0.25) is 0 Å². The zero-order valence-corrected chi connectivity index (χ0v) is 9.21. The van der Waals surface area contributed by atoms with Crippen LogP contribution in [0.1, 0.15) is 0 Å². The summed E-state index contributed by atoms with van der Waals surface area (Å²) in [5, 5.41) is 2.20. The van der Waals surface area contributed by atoms with E-state index in [1.165, 1.54) is 12.1 Å². The molecule has 1 N–H and O–H groups in total. The number of ether oxygens (including phenoxy) is 1. The zero-order chi connectivity index (χ0) is 13.1. The van der Waals surface area contributed by atoms with Crippen LogP contribution >= 0.6 is 0 Å². The number of hydrogen-bond acceptors (Lipinski definition) is 5. The Bertz CT molecular complexity index is 507. The van der Waals surface area contributed by atoms with Gasteiger partial charge in [-0.2, -0.15) is 0 Å². The first-order chi connectivity index (χ1) is 8.59. The number of esters is 1. The summed E-state index contributed by atoms with van der Waals surface area (Å²) < 4.78 is 4.76. The summed E-state index contributed by atoms with van der Waals surface area (Å²) in [6.45, 7) is -0.228. The van der Waals surface area contributed by atoms with Crippen LogP contribution in [0.5, 0.6) is 5.75 Å². The van der Waals surface area contributed by atoms with Crippen molar-refractivity contribution in [1.82, 2.24) is 5.32 Å². The average Bonchev–Trinajstić information content (AvgIpc) is 2.69. The van der Waals surface area contributed by atoms with Crippen LogP contribution < -0.4 is 10.1 Å². The van der Waals surface area contributed by atoms with Gasteiger partial charge in [-0.25, -0.2) is 4.79 Å². The molecular weight excluding hydrogens is 238 g/mol. The van der Waals surface area contributed by atoms with Crippen LogP contribution in [0.4, 0.5) is 0 Å². The van der Waals surface area contributed by atoms with E-state index in [9.17, 15) is 19.2 Å². The van der Waals surface area contributed by atoms with Gasteiger partial charge in [-0.15, -0.1) is 0 Å². The summed E-state index contributed by atoms with van der Waals surface area (Å²) in [7, 11) is 0. The molecule has 0 spiro atoms. The molecule has 1 aliphatic heterocycles. The van der Waals surface area contributed by atoms with Gasteiger partial charge in [0.15, 0.2) is 11.7 Å². The van der Waals surface area contributed by atoms with Gasteiger partial charge >= 0.3 is 5.97 Å². The van der Waals surface area contributed by atoms with Gasteiger partial charge in [0.1, 0.15) is 5.75 Å². The molecular formula is C12H9NO5. The molecule has 1 unspecified atom stereocenters. The lowest BCUT2D eigenvalue weighted by Crippen LogP contribution is -2.35. The minimum Gasteiger partial charge on any atom is -0.421 e. The van der Waals surface area contributed by atoms with Gasteiger partial charge in [0.05, 0.1) is 6.54 Å². The third-order valence-electron chi connectivity index (χ3n) is 2.44. The molecule has 0 aliphatic carbocycles. The van der Waals surface area contributed by atoms with Gasteiger partial charge in [-0.1, -0.05) is 18.2 Å². The van der Waals surface area contributed by atoms with E-state index < -0.39 is 29.4 Å². The van der Waals surface area contributed by atoms with E-state index in [1.807, 2.05) is 0 Å². The highest BCUT2D eigenvalue weighted by atomic mass is 16.5. The summed E-state index contributed by atoms with van der Waals surface area (Å²) in [5.74, 6) is -5.11. The SMILES string of the molecule is O=C(Oc1ccccc1)C(=O)C1C(=O)CNC1=O. The van der Waals surface area contributed by atoms with E-state index in [2.05, 4.69) is 5.32 Å². The second-order valence-electron chi connectivity index (χ2n) is 3.68. The number of benzene rings is 1. The molecule has 1 aliphatic rings. The third-order valence-corrected chi connectivity index (χ3v) is 2.44. The lowest BCUT2D eigenvalue weighted by atomic mass is 10.0. The van der Waals surface area contributed by atoms with E-state index in [4.69, 9.17) is 4.74 Å². The number of hydrogen-bond donors (Lipinski definition) is 1. The van der Waals surface area contributed by atoms with Crippen LogP contribution in [0.15, 0.2) is 30.3 Å².